The van der Waals surface area contributed by atoms with Gasteiger partial charge in [0.15, 0.2) is 12.0 Å². The Bertz CT molecular complexity index is 1300. The maximum Gasteiger partial charge on any atom is 0.291 e. The predicted octanol–water partition coefficient (Wildman–Crippen LogP) is 3.03. The number of primary amides is 1. The maximum absolute atomic E-state index is 13.5. The highest BCUT2D eigenvalue weighted by atomic mass is 35.5. The van der Waals surface area contributed by atoms with Gasteiger partial charge < -0.3 is 24.5 Å². The van der Waals surface area contributed by atoms with E-state index in [0.717, 1.165) is 12.8 Å². The van der Waals surface area contributed by atoms with Crippen molar-refractivity contribution in [2.24, 2.45) is 5.73 Å². The summed E-state index contributed by atoms with van der Waals surface area (Å²) >= 11 is 6.11. The molecule has 9 heteroatoms. The molecule has 0 spiro atoms. The molecule has 2 atom stereocenters. The lowest BCUT2D eigenvalue weighted by molar-refractivity contribution is -0.119. The molecule has 5 rings (SSSR count). The monoisotopic (exact) mass is 468 g/mol. The number of halogens is 1. The largest absolute Gasteiger partial charge is 0.484 e. The average molecular weight is 469 g/mol. The van der Waals surface area contributed by atoms with E-state index in [0.29, 0.717) is 40.5 Å². The first-order valence-electron chi connectivity index (χ1n) is 10.6. The number of nitrogens with two attached hydrogens (primary N) is 1. The van der Waals surface area contributed by atoms with E-state index in [1.165, 1.54) is 0 Å². The third-order valence-corrected chi connectivity index (χ3v) is 6.16. The second-order valence-corrected chi connectivity index (χ2v) is 8.57. The molecule has 0 aliphatic carbocycles. The summed E-state index contributed by atoms with van der Waals surface area (Å²) in [6.07, 6.45) is 1.66. The molecule has 0 radical (unpaired) electrons. The second-order valence-electron chi connectivity index (χ2n) is 8.13. The van der Waals surface area contributed by atoms with Crippen LogP contribution in [0.1, 0.15) is 40.6 Å². The van der Waals surface area contributed by atoms with Crippen molar-refractivity contribution in [3.63, 3.8) is 0 Å². The highest BCUT2D eigenvalue weighted by molar-refractivity contribution is 6.31. The van der Waals surface area contributed by atoms with Gasteiger partial charge in [0.2, 0.25) is 5.76 Å². The van der Waals surface area contributed by atoms with Crippen molar-refractivity contribution < 1.29 is 23.5 Å². The standard InChI is InChI=1S/C24H21ClN2O6/c25-14-5-8-18-17(10-14)22(29)20-21(13-3-6-15(7-4-13)32-12-19(26)28)27(24(30)23(20)33-18)11-16-2-1-9-31-16/h3-8,10,16,21H,1-2,9,11-12H2,(H2,26,28)/t16-,21+/m0/s1. The third-order valence-electron chi connectivity index (χ3n) is 5.93. The molecule has 1 saturated heterocycles. The van der Waals surface area contributed by atoms with Crippen molar-refractivity contribution in [2.75, 3.05) is 19.8 Å². The zero-order chi connectivity index (χ0) is 23.1. The highest BCUT2D eigenvalue weighted by Gasteiger charge is 2.43. The van der Waals surface area contributed by atoms with Crippen LogP contribution in [0.5, 0.6) is 5.75 Å². The molecule has 8 nitrogen and oxygen atoms in total. The van der Waals surface area contributed by atoms with Crippen molar-refractivity contribution in [3.8, 4) is 5.75 Å². The predicted molar refractivity (Wildman–Crippen MR) is 120 cm³/mol. The fraction of sp³-hybridized carbons (Fsp3) is 0.292. The minimum Gasteiger partial charge on any atom is -0.484 e. The zero-order valence-electron chi connectivity index (χ0n) is 17.6. The number of nitrogens with zero attached hydrogens (tertiary/aromatic N) is 1. The van der Waals surface area contributed by atoms with Gasteiger partial charge in [-0.05, 0) is 48.7 Å². The fourth-order valence-corrected chi connectivity index (χ4v) is 4.61. The molecule has 1 aromatic heterocycles. The molecule has 1 fully saturated rings. The molecular weight excluding hydrogens is 448 g/mol. The van der Waals surface area contributed by atoms with E-state index in [1.54, 1.807) is 47.4 Å². The van der Waals surface area contributed by atoms with Crippen molar-refractivity contribution in [3.05, 3.63) is 74.6 Å². The molecule has 3 aromatic rings. The number of rotatable bonds is 6. The number of amides is 2. The number of carbonyl (C=O) groups is 2. The van der Waals surface area contributed by atoms with E-state index in [4.69, 9.17) is 31.2 Å². The Hall–Kier alpha value is -3.36. The first kappa shape index (κ1) is 21.5. The molecule has 3 heterocycles. The first-order valence-corrected chi connectivity index (χ1v) is 11.0. The van der Waals surface area contributed by atoms with Gasteiger partial charge in [-0.1, -0.05) is 23.7 Å². The highest BCUT2D eigenvalue weighted by Crippen LogP contribution is 2.39. The van der Waals surface area contributed by atoms with Crippen LogP contribution in [0.25, 0.3) is 11.0 Å². The van der Waals surface area contributed by atoms with Crippen LogP contribution in [0.4, 0.5) is 0 Å². The summed E-state index contributed by atoms with van der Waals surface area (Å²) in [4.78, 5) is 39.6. The summed E-state index contributed by atoms with van der Waals surface area (Å²) in [5.74, 6) is -0.453. The van der Waals surface area contributed by atoms with Gasteiger partial charge in [-0.25, -0.2) is 0 Å². The quantitative estimate of drug-likeness (QED) is 0.595. The Balaban J connectivity index is 1.60. The van der Waals surface area contributed by atoms with Gasteiger partial charge >= 0.3 is 0 Å². The normalized spacial score (nSPS) is 19.8. The van der Waals surface area contributed by atoms with Gasteiger partial charge in [-0.3, -0.25) is 14.4 Å². The number of ether oxygens (including phenoxy) is 2. The van der Waals surface area contributed by atoms with Gasteiger partial charge in [0.25, 0.3) is 11.8 Å². The molecule has 2 aromatic carbocycles. The summed E-state index contributed by atoms with van der Waals surface area (Å²) < 4.78 is 17.0. The molecule has 0 unspecified atom stereocenters. The molecule has 0 saturated carbocycles. The molecule has 2 aliphatic rings. The van der Waals surface area contributed by atoms with Gasteiger partial charge in [-0.15, -0.1) is 0 Å². The minimum absolute atomic E-state index is 0.0341. The SMILES string of the molecule is NC(=O)COc1ccc([C@@H]2c3c(oc4ccc(Cl)cc4c3=O)C(=O)N2C[C@@H]2CCCO2)cc1. The van der Waals surface area contributed by atoms with Gasteiger partial charge in [0, 0.05) is 18.2 Å². The van der Waals surface area contributed by atoms with E-state index < -0.39 is 11.9 Å². The van der Waals surface area contributed by atoms with E-state index in [-0.39, 0.29) is 35.4 Å². The van der Waals surface area contributed by atoms with E-state index in [2.05, 4.69) is 0 Å². The molecular formula is C24H21ClN2O6. The van der Waals surface area contributed by atoms with Crippen molar-refractivity contribution >= 4 is 34.4 Å². The lowest BCUT2D eigenvalue weighted by Crippen LogP contribution is -2.36. The molecule has 0 bridgehead atoms. The minimum atomic E-state index is -0.651. The summed E-state index contributed by atoms with van der Waals surface area (Å²) in [5.41, 5.74) is 6.13. The summed E-state index contributed by atoms with van der Waals surface area (Å²) in [7, 11) is 0. The zero-order valence-corrected chi connectivity index (χ0v) is 18.3. The lowest BCUT2D eigenvalue weighted by atomic mass is 9.98. The van der Waals surface area contributed by atoms with Crippen molar-refractivity contribution in [1.82, 2.24) is 4.90 Å². The number of fused-ring (bicyclic) bond motifs is 2. The van der Waals surface area contributed by atoms with E-state index in [1.807, 2.05) is 0 Å². The third kappa shape index (κ3) is 3.96. The van der Waals surface area contributed by atoms with Crippen LogP contribution in [0.3, 0.4) is 0 Å². The molecule has 170 valence electrons. The first-order chi connectivity index (χ1) is 15.9. The van der Waals surface area contributed by atoms with Crippen LogP contribution in [0, 0.1) is 0 Å². The van der Waals surface area contributed by atoms with Gasteiger partial charge in [0.05, 0.1) is 23.1 Å². The van der Waals surface area contributed by atoms with Crippen LogP contribution < -0.4 is 15.9 Å². The molecule has 33 heavy (non-hydrogen) atoms. The Morgan fingerprint density at radius 2 is 1.97 bits per heavy atom. The van der Waals surface area contributed by atoms with Crippen molar-refractivity contribution in [1.29, 1.82) is 0 Å². The molecule has 2 N–H and O–H groups in total. The lowest BCUT2D eigenvalue weighted by Gasteiger charge is -2.27. The maximum atomic E-state index is 13.5. The van der Waals surface area contributed by atoms with Crippen LogP contribution in [-0.4, -0.2) is 42.6 Å². The van der Waals surface area contributed by atoms with Crippen LogP contribution in [0.15, 0.2) is 51.7 Å². The summed E-state index contributed by atoms with van der Waals surface area (Å²) in [6.45, 7) is 0.742. The Morgan fingerprint density at radius 3 is 2.67 bits per heavy atom. The second kappa shape index (κ2) is 8.53. The van der Waals surface area contributed by atoms with Crippen LogP contribution in [-0.2, 0) is 9.53 Å². The summed E-state index contributed by atoms with van der Waals surface area (Å²) in [5, 5.41) is 0.724. The topological polar surface area (TPSA) is 112 Å². The fourth-order valence-electron chi connectivity index (χ4n) is 4.44. The number of carbonyl (C=O) groups excluding carboxylic acids is 2. The van der Waals surface area contributed by atoms with Gasteiger partial charge in [-0.2, -0.15) is 0 Å². The Kier molecular flexibility index (Phi) is 5.55. The van der Waals surface area contributed by atoms with E-state index >= 15 is 0 Å². The number of hydrogen-bond donors (Lipinski definition) is 1. The van der Waals surface area contributed by atoms with Crippen LogP contribution >= 0.6 is 11.6 Å². The molecule has 2 aliphatic heterocycles. The smallest absolute Gasteiger partial charge is 0.291 e. The molecule has 2 amide bonds. The van der Waals surface area contributed by atoms with Gasteiger partial charge in [0.1, 0.15) is 11.3 Å². The Labute approximate surface area is 193 Å². The number of hydrogen-bond acceptors (Lipinski definition) is 6. The number of benzene rings is 2. The van der Waals surface area contributed by atoms with Crippen molar-refractivity contribution in [2.45, 2.75) is 25.0 Å². The average Bonchev–Trinajstić information content (AvgIpc) is 3.41. The van der Waals surface area contributed by atoms with E-state index in [9.17, 15) is 14.4 Å². The Morgan fingerprint density at radius 1 is 1.18 bits per heavy atom. The summed E-state index contributed by atoms with van der Waals surface area (Å²) in [6, 6.07) is 11.0. The van der Waals surface area contributed by atoms with Crippen LogP contribution in [0.2, 0.25) is 5.02 Å².